The van der Waals surface area contributed by atoms with Gasteiger partial charge in [-0.05, 0) is 59.3 Å². The highest BCUT2D eigenvalue weighted by Gasteiger charge is 2.26. The first-order valence-electron chi connectivity index (χ1n) is 6.82. The number of primary sulfonamides is 1. The lowest BCUT2D eigenvalue weighted by atomic mass is 9.88. The van der Waals surface area contributed by atoms with Gasteiger partial charge in [0.25, 0.3) is 0 Å². The molecular weight excluding hydrogens is 358 g/mol. The second-order valence-corrected chi connectivity index (χ2v) is 7.78. The van der Waals surface area contributed by atoms with E-state index in [0.717, 1.165) is 25.7 Å². The maximum Gasteiger partial charge on any atom is 0.338 e. The highest BCUT2D eigenvalue weighted by Crippen LogP contribution is 2.28. The molecule has 1 aromatic carbocycles. The number of hydrogen-bond acceptors (Lipinski definition) is 4. The summed E-state index contributed by atoms with van der Waals surface area (Å²) in [5.74, 6) is -0.179. The number of nitrogens with two attached hydrogens (primary N) is 1. The van der Waals surface area contributed by atoms with E-state index in [1.54, 1.807) is 0 Å². The zero-order valence-electron chi connectivity index (χ0n) is 11.7. The van der Waals surface area contributed by atoms with Crippen LogP contribution < -0.4 is 5.14 Å². The zero-order chi connectivity index (χ0) is 15.6. The molecule has 0 amide bonds. The molecule has 1 aromatic rings. The molecule has 1 fully saturated rings. The summed E-state index contributed by atoms with van der Waals surface area (Å²) in [7, 11) is -3.89. The molecule has 0 spiro atoms. The van der Waals surface area contributed by atoms with Crippen molar-refractivity contribution < 1.29 is 17.9 Å². The number of benzene rings is 1. The molecular formula is C14H18BrNO4S. The molecule has 0 bridgehead atoms. The third kappa shape index (κ3) is 4.05. The number of halogens is 1. The van der Waals surface area contributed by atoms with E-state index in [4.69, 9.17) is 9.88 Å². The summed E-state index contributed by atoms with van der Waals surface area (Å²) in [5, 5.41) is 5.12. The summed E-state index contributed by atoms with van der Waals surface area (Å²) in [5.41, 5.74) is 0.194. The molecule has 7 heteroatoms. The number of rotatable bonds is 3. The predicted molar refractivity (Wildman–Crippen MR) is 82.4 cm³/mol. The maximum atomic E-state index is 12.2. The van der Waals surface area contributed by atoms with Gasteiger partial charge in [-0.25, -0.2) is 18.4 Å². The number of carbonyl (C=O) groups is 1. The van der Waals surface area contributed by atoms with Crippen LogP contribution >= 0.6 is 15.9 Å². The lowest BCUT2D eigenvalue weighted by Gasteiger charge is -2.28. The van der Waals surface area contributed by atoms with Gasteiger partial charge in [0.15, 0.2) is 0 Å². The van der Waals surface area contributed by atoms with E-state index < -0.39 is 16.0 Å². The number of hydrogen-bond donors (Lipinski definition) is 1. The van der Waals surface area contributed by atoms with E-state index in [0.29, 0.717) is 10.4 Å². The Morgan fingerprint density at radius 3 is 2.62 bits per heavy atom. The summed E-state index contributed by atoms with van der Waals surface area (Å²) in [6.45, 7) is 2.06. The Kier molecular flexibility index (Phi) is 5.06. The van der Waals surface area contributed by atoms with Gasteiger partial charge in [-0.1, -0.05) is 13.3 Å². The van der Waals surface area contributed by atoms with Crippen molar-refractivity contribution in [3.8, 4) is 0 Å². The molecule has 0 aliphatic heterocycles. The highest BCUT2D eigenvalue weighted by molar-refractivity contribution is 9.10. The van der Waals surface area contributed by atoms with Gasteiger partial charge < -0.3 is 4.74 Å². The molecule has 1 aliphatic carbocycles. The molecule has 116 valence electrons. The van der Waals surface area contributed by atoms with Crippen LogP contribution in [0.4, 0.5) is 0 Å². The Bertz CT molecular complexity index is 644. The van der Waals surface area contributed by atoms with Crippen LogP contribution in [0.25, 0.3) is 0 Å². The van der Waals surface area contributed by atoms with E-state index in [1.807, 2.05) is 0 Å². The van der Waals surface area contributed by atoms with Crippen LogP contribution in [0.15, 0.2) is 27.6 Å². The fraction of sp³-hybridized carbons (Fsp3) is 0.500. The minimum Gasteiger partial charge on any atom is -0.459 e. The SMILES string of the molecule is CC1CCCCC1OC(=O)c1ccc(Br)c(S(N)(=O)=O)c1. The topological polar surface area (TPSA) is 86.5 Å². The van der Waals surface area contributed by atoms with Gasteiger partial charge in [0, 0.05) is 4.47 Å². The zero-order valence-corrected chi connectivity index (χ0v) is 14.1. The summed E-state index contributed by atoms with van der Waals surface area (Å²) in [4.78, 5) is 12.1. The van der Waals surface area contributed by atoms with Crippen molar-refractivity contribution in [1.29, 1.82) is 0 Å². The van der Waals surface area contributed by atoms with Crippen molar-refractivity contribution in [2.24, 2.45) is 11.1 Å². The first kappa shape index (κ1) is 16.5. The van der Waals surface area contributed by atoms with Crippen molar-refractivity contribution in [1.82, 2.24) is 0 Å². The normalized spacial score (nSPS) is 22.8. The second-order valence-electron chi connectivity index (χ2n) is 5.40. The highest BCUT2D eigenvalue weighted by atomic mass is 79.9. The van der Waals surface area contributed by atoms with Gasteiger partial charge in [-0.3, -0.25) is 0 Å². The Labute approximate surface area is 133 Å². The lowest BCUT2D eigenvalue weighted by Crippen LogP contribution is -2.28. The van der Waals surface area contributed by atoms with E-state index in [2.05, 4.69) is 22.9 Å². The van der Waals surface area contributed by atoms with E-state index in [1.165, 1.54) is 18.2 Å². The maximum absolute atomic E-state index is 12.2. The summed E-state index contributed by atoms with van der Waals surface area (Å²) in [6, 6.07) is 4.25. The Hall–Kier alpha value is -0.920. The van der Waals surface area contributed by atoms with Crippen molar-refractivity contribution in [2.45, 2.75) is 43.6 Å². The Morgan fingerprint density at radius 2 is 2.00 bits per heavy atom. The van der Waals surface area contributed by atoms with Crippen LogP contribution in [0.3, 0.4) is 0 Å². The van der Waals surface area contributed by atoms with Gasteiger partial charge in [0.05, 0.1) is 10.5 Å². The molecule has 2 rings (SSSR count). The molecule has 0 radical (unpaired) electrons. The van der Waals surface area contributed by atoms with Crippen molar-refractivity contribution >= 4 is 31.9 Å². The molecule has 21 heavy (non-hydrogen) atoms. The van der Waals surface area contributed by atoms with Gasteiger partial charge in [0.1, 0.15) is 6.10 Å². The van der Waals surface area contributed by atoms with E-state index >= 15 is 0 Å². The predicted octanol–water partition coefficient (Wildman–Crippen LogP) is 2.83. The first-order valence-corrected chi connectivity index (χ1v) is 9.16. The smallest absolute Gasteiger partial charge is 0.338 e. The van der Waals surface area contributed by atoms with Crippen LogP contribution in [0, 0.1) is 5.92 Å². The van der Waals surface area contributed by atoms with E-state index in [-0.39, 0.29) is 16.6 Å². The van der Waals surface area contributed by atoms with Crippen molar-refractivity contribution in [3.05, 3.63) is 28.2 Å². The molecule has 2 atom stereocenters. The average Bonchev–Trinajstić information content (AvgIpc) is 2.40. The third-order valence-corrected chi connectivity index (χ3v) is 5.67. The molecule has 0 heterocycles. The van der Waals surface area contributed by atoms with Crippen LogP contribution in [-0.4, -0.2) is 20.5 Å². The third-order valence-electron chi connectivity index (χ3n) is 3.76. The fourth-order valence-corrected chi connectivity index (χ4v) is 4.07. The standard InChI is InChI=1S/C14H18BrNO4S/c1-9-4-2-3-5-12(9)20-14(17)10-6-7-11(15)13(8-10)21(16,18)19/h6-9,12H,2-5H2,1H3,(H2,16,18,19). The largest absolute Gasteiger partial charge is 0.459 e. The second kappa shape index (κ2) is 6.46. The molecule has 1 saturated carbocycles. The average molecular weight is 376 g/mol. The van der Waals surface area contributed by atoms with Gasteiger partial charge in [0.2, 0.25) is 10.0 Å². The van der Waals surface area contributed by atoms with Gasteiger partial charge in [-0.2, -0.15) is 0 Å². The molecule has 2 unspecified atom stereocenters. The summed E-state index contributed by atoms with van der Waals surface area (Å²) < 4.78 is 28.8. The molecule has 5 nitrogen and oxygen atoms in total. The monoisotopic (exact) mass is 375 g/mol. The number of carbonyl (C=O) groups excluding carboxylic acids is 1. The quantitative estimate of drug-likeness (QED) is 0.822. The number of sulfonamides is 1. The number of ether oxygens (including phenoxy) is 1. The molecule has 1 aliphatic rings. The van der Waals surface area contributed by atoms with Crippen LogP contribution in [0.5, 0.6) is 0 Å². The van der Waals surface area contributed by atoms with Crippen molar-refractivity contribution in [2.75, 3.05) is 0 Å². The number of esters is 1. The lowest BCUT2D eigenvalue weighted by molar-refractivity contribution is 0.00479. The fourth-order valence-electron chi connectivity index (χ4n) is 2.51. The molecule has 0 saturated heterocycles. The van der Waals surface area contributed by atoms with Crippen LogP contribution in [-0.2, 0) is 14.8 Å². The van der Waals surface area contributed by atoms with Crippen LogP contribution in [0.2, 0.25) is 0 Å². The minimum absolute atomic E-state index is 0.104. The first-order chi connectivity index (χ1) is 9.79. The Morgan fingerprint density at radius 1 is 1.33 bits per heavy atom. The minimum atomic E-state index is -3.89. The van der Waals surface area contributed by atoms with Gasteiger partial charge in [-0.15, -0.1) is 0 Å². The summed E-state index contributed by atoms with van der Waals surface area (Å²) in [6.07, 6.45) is 3.99. The molecule has 0 aromatic heterocycles. The van der Waals surface area contributed by atoms with Crippen molar-refractivity contribution in [3.63, 3.8) is 0 Å². The van der Waals surface area contributed by atoms with Gasteiger partial charge >= 0.3 is 5.97 Å². The summed E-state index contributed by atoms with van der Waals surface area (Å²) >= 11 is 3.11. The Balaban J connectivity index is 2.20. The molecule has 2 N–H and O–H groups in total. The van der Waals surface area contributed by atoms with E-state index in [9.17, 15) is 13.2 Å². The van der Waals surface area contributed by atoms with Crippen LogP contribution in [0.1, 0.15) is 43.0 Å².